The van der Waals surface area contributed by atoms with E-state index in [1.807, 2.05) is 32.0 Å². The third kappa shape index (κ3) is 2.99. The molecule has 3 aromatic heterocycles. The average molecular weight is 351 g/mol. The van der Waals surface area contributed by atoms with Crippen molar-refractivity contribution < 1.29 is 18.0 Å². The molecular formula is C19H17N3O4. The third-order valence-corrected chi connectivity index (χ3v) is 4.25. The number of benzene rings is 1. The zero-order chi connectivity index (χ0) is 18.1. The molecule has 4 rings (SSSR count). The van der Waals surface area contributed by atoms with Crippen LogP contribution >= 0.6 is 0 Å². The molecule has 1 aromatic carbocycles. The van der Waals surface area contributed by atoms with Crippen LogP contribution in [0, 0.1) is 13.8 Å². The molecule has 0 spiro atoms. The lowest BCUT2D eigenvalue weighted by Gasteiger charge is -2.19. The Balaban J connectivity index is 1.70. The number of carbonyl (C=O) groups excluding carboxylic acids is 1. The van der Waals surface area contributed by atoms with Crippen LogP contribution in [0.25, 0.3) is 11.0 Å². The number of hydrogen-bond acceptors (Lipinski definition) is 6. The summed E-state index contributed by atoms with van der Waals surface area (Å²) in [6, 6.07) is 5.86. The molecule has 0 aliphatic carbocycles. The van der Waals surface area contributed by atoms with Crippen molar-refractivity contribution in [3.63, 3.8) is 0 Å². The minimum atomic E-state index is -0.234. The summed E-state index contributed by atoms with van der Waals surface area (Å²) in [4.78, 5) is 23.0. The van der Waals surface area contributed by atoms with Gasteiger partial charge in [-0.25, -0.2) is 9.97 Å². The highest BCUT2D eigenvalue weighted by molar-refractivity contribution is 5.99. The van der Waals surface area contributed by atoms with Crippen molar-refractivity contribution in [2.24, 2.45) is 0 Å². The van der Waals surface area contributed by atoms with Crippen LogP contribution < -0.4 is 0 Å². The SMILES string of the molecule is Cc1ccc2oc(C(=O)N(Cc3cocn3)Cc3cocn3)c(C)c2c1. The smallest absolute Gasteiger partial charge is 0.290 e. The van der Waals surface area contributed by atoms with Crippen LogP contribution in [0.1, 0.15) is 33.1 Å². The number of amides is 1. The zero-order valence-corrected chi connectivity index (χ0v) is 14.4. The number of fused-ring (bicyclic) bond motifs is 1. The van der Waals surface area contributed by atoms with Crippen molar-refractivity contribution in [3.8, 4) is 0 Å². The van der Waals surface area contributed by atoms with Crippen LogP contribution in [0.15, 0.2) is 56.8 Å². The van der Waals surface area contributed by atoms with Gasteiger partial charge in [-0.1, -0.05) is 11.6 Å². The van der Waals surface area contributed by atoms with E-state index in [2.05, 4.69) is 9.97 Å². The molecule has 0 N–H and O–H groups in total. The Morgan fingerprint density at radius 3 is 2.27 bits per heavy atom. The molecule has 0 fully saturated rings. The Hall–Kier alpha value is -3.35. The highest BCUT2D eigenvalue weighted by Crippen LogP contribution is 2.28. The molecule has 0 aliphatic rings. The maximum Gasteiger partial charge on any atom is 0.290 e. The topological polar surface area (TPSA) is 85.5 Å². The predicted octanol–water partition coefficient (Wildman–Crippen LogP) is 3.87. The highest BCUT2D eigenvalue weighted by Gasteiger charge is 2.25. The van der Waals surface area contributed by atoms with E-state index in [4.69, 9.17) is 13.3 Å². The Labute approximate surface area is 149 Å². The van der Waals surface area contributed by atoms with E-state index in [0.29, 0.717) is 22.7 Å². The molecule has 7 nitrogen and oxygen atoms in total. The molecule has 1 amide bonds. The predicted molar refractivity (Wildman–Crippen MR) is 92.3 cm³/mol. The number of furan rings is 1. The van der Waals surface area contributed by atoms with Gasteiger partial charge in [-0.05, 0) is 26.0 Å². The van der Waals surface area contributed by atoms with Gasteiger partial charge in [0, 0.05) is 10.9 Å². The van der Waals surface area contributed by atoms with Gasteiger partial charge in [0.15, 0.2) is 18.5 Å². The molecule has 4 aromatic rings. The van der Waals surface area contributed by atoms with Crippen LogP contribution in [0.4, 0.5) is 0 Å². The summed E-state index contributed by atoms with van der Waals surface area (Å²) in [5.74, 6) is 0.0833. The monoisotopic (exact) mass is 351 g/mol. The van der Waals surface area contributed by atoms with E-state index < -0.39 is 0 Å². The minimum absolute atomic E-state index is 0.234. The summed E-state index contributed by atoms with van der Waals surface area (Å²) >= 11 is 0. The van der Waals surface area contributed by atoms with Crippen molar-refractivity contribution >= 4 is 16.9 Å². The Morgan fingerprint density at radius 1 is 1.04 bits per heavy atom. The standard InChI is InChI=1S/C19H17N3O4/c1-12-3-4-17-16(5-12)13(2)18(26-17)19(23)22(6-14-8-24-10-20-14)7-15-9-25-11-21-15/h3-5,8-11H,6-7H2,1-2H3. The minimum Gasteiger partial charge on any atom is -0.451 e. The van der Waals surface area contributed by atoms with Crippen LogP contribution in [-0.2, 0) is 13.1 Å². The Bertz CT molecular complexity index is 996. The maximum absolute atomic E-state index is 13.2. The molecule has 0 saturated carbocycles. The molecule has 3 heterocycles. The van der Waals surface area contributed by atoms with Crippen LogP contribution in [0.2, 0.25) is 0 Å². The first-order chi connectivity index (χ1) is 12.6. The van der Waals surface area contributed by atoms with Gasteiger partial charge in [0.25, 0.3) is 5.91 Å². The summed E-state index contributed by atoms with van der Waals surface area (Å²) in [5, 5.41) is 0.941. The van der Waals surface area contributed by atoms with Crippen molar-refractivity contribution in [1.29, 1.82) is 0 Å². The van der Waals surface area contributed by atoms with Gasteiger partial charge in [0.2, 0.25) is 0 Å². The number of aromatic nitrogens is 2. The van der Waals surface area contributed by atoms with Gasteiger partial charge in [0.1, 0.15) is 18.1 Å². The first-order valence-corrected chi connectivity index (χ1v) is 8.15. The number of rotatable bonds is 5. The lowest BCUT2D eigenvalue weighted by molar-refractivity contribution is 0.0694. The second-order valence-corrected chi connectivity index (χ2v) is 6.18. The second-order valence-electron chi connectivity index (χ2n) is 6.18. The second kappa shape index (κ2) is 6.51. The first kappa shape index (κ1) is 16.1. The number of oxazole rings is 2. The van der Waals surface area contributed by atoms with Crippen molar-refractivity contribution in [1.82, 2.24) is 14.9 Å². The summed E-state index contributed by atoms with van der Waals surface area (Å²) < 4.78 is 15.9. The van der Waals surface area contributed by atoms with Crippen molar-refractivity contribution in [3.05, 3.63) is 71.8 Å². The van der Waals surface area contributed by atoms with Gasteiger partial charge < -0.3 is 18.2 Å². The normalized spacial score (nSPS) is 11.2. The number of aryl methyl sites for hydroxylation is 2. The summed E-state index contributed by atoms with van der Waals surface area (Å²) in [6.45, 7) is 4.45. The molecule has 132 valence electrons. The Morgan fingerprint density at radius 2 is 1.69 bits per heavy atom. The van der Waals surface area contributed by atoms with E-state index in [0.717, 1.165) is 16.5 Å². The van der Waals surface area contributed by atoms with Crippen molar-refractivity contribution in [2.75, 3.05) is 0 Å². The van der Waals surface area contributed by atoms with Crippen LogP contribution in [0.5, 0.6) is 0 Å². The molecule has 0 unspecified atom stereocenters. The van der Waals surface area contributed by atoms with Crippen LogP contribution in [0.3, 0.4) is 0 Å². The summed E-state index contributed by atoms with van der Waals surface area (Å²) in [5.41, 5.74) is 3.92. The lowest BCUT2D eigenvalue weighted by Crippen LogP contribution is -2.30. The first-order valence-electron chi connectivity index (χ1n) is 8.15. The van der Waals surface area contributed by atoms with Crippen molar-refractivity contribution in [2.45, 2.75) is 26.9 Å². The van der Waals surface area contributed by atoms with Gasteiger partial charge in [0.05, 0.1) is 24.5 Å². The van der Waals surface area contributed by atoms with Gasteiger partial charge in [-0.15, -0.1) is 0 Å². The quantitative estimate of drug-likeness (QED) is 0.542. The van der Waals surface area contributed by atoms with E-state index in [1.165, 1.54) is 25.3 Å². The zero-order valence-electron chi connectivity index (χ0n) is 14.4. The lowest BCUT2D eigenvalue weighted by atomic mass is 10.1. The Kier molecular flexibility index (Phi) is 4.04. The molecule has 26 heavy (non-hydrogen) atoms. The molecule has 0 aliphatic heterocycles. The molecule has 7 heteroatoms. The van der Waals surface area contributed by atoms with Gasteiger partial charge in [-0.2, -0.15) is 0 Å². The molecule has 0 atom stereocenters. The fraction of sp³-hybridized carbons (Fsp3) is 0.211. The summed E-state index contributed by atoms with van der Waals surface area (Å²) in [6.07, 6.45) is 5.70. The van der Waals surface area contributed by atoms with Crippen LogP contribution in [-0.4, -0.2) is 20.8 Å². The van der Waals surface area contributed by atoms with E-state index >= 15 is 0 Å². The number of hydrogen-bond donors (Lipinski definition) is 0. The molecule has 0 radical (unpaired) electrons. The fourth-order valence-corrected chi connectivity index (χ4v) is 2.90. The summed E-state index contributed by atoms with van der Waals surface area (Å²) in [7, 11) is 0. The maximum atomic E-state index is 13.2. The average Bonchev–Trinajstić information content (AvgIpc) is 3.37. The van der Waals surface area contributed by atoms with E-state index in [-0.39, 0.29) is 19.0 Å². The third-order valence-electron chi connectivity index (χ3n) is 4.25. The fourth-order valence-electron chi connectivity index (χ4n) is 2.90. The number of nitrogens with zero attached hydrogens (tertiary/aromatic N) is 3. The van der Waals surface area contributed by atoms with E-state index in [1.54, 1.807) is 4.90 Å². The highest BCUT2D eigenvalue weighted by atomic mass is 16.3. The van der Waals surface area contributed by atoms with Gasteiger partial charge in [-0.3, -0.25) is 4.79 Å². The number of carbonyl (C=O) groups is 1. The molecule has 0 saturated heterocycles. The van der Waals surface area contributed by atoms with Gasteiger partial charge >= 0.3 is 0 Å². The molecular weight excluding hydrogens is 334 g/mol. The largest absolute Gasteiger partial charge is 0.451 e. The molecule has 0 bridgehead atoms. The van der Waals surface area contributed by atoms with E-state index in [9.17, 15) is 4.79 Å².